The molecule has 8 nitrogen and oxygen atoms in total. The second-order valence-corrected chi connectivity index (χ2v) is 8.46. The number of aromatic nitrogens is 3. The zero-order chi connectivity index (χ0) is 21.6. The van der Waals surface area contributed by atoms with Crippen molar-refractivity contribution in [2.45, 2.75) is 24.9 Å². The van der Waals surface area contributed by atoms with Crippen molar-refractivity contribution in [3.8, 4) is 5.75 Å². The predicted octanol–water partition coefficient (Wildman–Crippen LogP) is 2.74. The van der Waals surface area contributed by atoms with E-state index in [1.807, 2.05) is 54.4 Å². The largest absolute Gasteiger partial charge is 0.497 e. The molecule has 2 aliphatic rings. The normalized spacial score (nSPS) is 17.6. The molecule has 0 radical (unpaired) electrons. The van der Waals surface area contributed by atoms with Crippen LogP contribution in [0.25, 0.3) is 10.9 Å². The number of carbonyl (C=O) groups is 1. The zero-order valence-corrected chi connectivity index (χ0v) is 18.1. The van der Waals surface area contributed by atoms with Crippen molar-refractivity contribution in [1.29, 1.82) is 0 Å². The molecule has 0 bridgehead atoms. The maximum atomic E-state index is 13.2. The molecule has 162 valence electrons. The number of amides is 1. The van der Waals surface area contributed by atoms with Crippen LogP contribution in [0.15, 0.2) is 30.5 Å². The van der Waals surface area contributed by atoms with Gasteiger partial charge in [-0.3, -0.25) is 4.79 Å². The summed E-state index contributed by atoms with van der Waals surface area (Å²) in [6.45, 7) is 1.91. The lowest BCUT2D eigenvalue weighted by Gasteiger charge is -2.44. The Balaban J connectivity index is 1.36. The first-order chi connectivity index (χ1) is 15.0. The SMILES string of the molecule is COc1ccc2[nH]c(C(=O)N3CCC4(CC3)OCCc3cnc(N(C)C)nc34)cc2c1. The third-order valence-corrected chi connectivity index (χ3v) is 6.35. The number of anilines is 1. The van der Waals surface area contributed by atoms with Crippen LogP contribution in [0.1, 0.15) is 34.6 Å². The van der Waals surface area contributed by atoms with Gasteiger partial charge >= 0.3 is 0 Å². The van der Waals surface area contributed by atoms with Gasteiger partial charge in [-0.05, 0) is 49.1 Å². The van der Waals surface area contributed by atoms with E-state index in [0.717, 1.165) is 47.2 Å². The Hall–Kier alpha value is -3.13. The third-order valence-electron chi connectivity index (χ3n) is 6.35. The number of rotatable bonds is 3. The first-order valence-electron chi connectivity index (χ1n) is 10.6. The summed E-state index contributed by atoms with van der Waals surface area (Å²) in [6, 6.07) is 7.65. The Morgan fingerprint density at radius 1 is 1.26 bits per heavy atom. The number of H-pyrrole nitrogens is 1. The molecule has 4 heterocycles. The molecule has 0 aliphatic carbocycles. The summed E-state index contributed by atoms with van der Waals surface area (Å²) in [7, 11) is 5.52. The van der Waals surface area contributed by atoms with Crippen LogP contribution in [0, 0.1) is 0 Å². The number of hydrogen-bond donors (Lipinski definition) is 1. The number of hydrogen-bond acceptors (Lipinski definition) is 6. The van der Waals surface area contributed by atoms with Crippen LogP contribution in [0.3, 0.4) is 0 Å². The van der Waals surface area contributed by atoms with Gasteiger partial charge in [0.2, 0.25) is 5.95 Å². The molecule has 1 fully saturated rings. The quantitative estimate of drug-likeness (QED) is 0.700. The molecular formula is C23H27N5O3. The monoisotopic (exact) mass is 421 g/mol. The number of ether oxygens (including phenoxy) is 2. The van der Waals surface area contributed by atoms with E-state index in [4.69, 9.17) is 14.5 Å². The summed E-state index contributed by atoms with van der Waals surface area (Å²) in [6.07, 6.45) is 4.21. The van der Waals surface area contributed by atoms with Crippen LogP contribution in [-0.2, 0) is 16.8 Å². The Kier molecular flexibility index (Phi) is 4.81. The van der Waals surface area contributed by atoms with Crippen molar-refractivity contribution in [2.75, 3.05) is 45.8 Å². The number of benzene rings is 1. The van der Waals surface area contributed by atoms with Gasteiger partial charge in [-0.2, -0.15) is 0 Å². The Morgan fingerprint density at radius 2 is 2.06 bits per heavy atom. The molecule has 1 spiro atoms. The maximum Gasteiger partial charge on any atom is 0.270 e. The van der Waals surface area contributed by atoms with E-state index in [-0.39, 0.29) is 5.91 Å². The van der Waals surface area contributed by atoms with Gasteiger partial charge in [-0.1, -0.05) is 0 Å². The number of likely N-dealkylation sites (tertiary alicyclic amines) is 1. The van der Waals surface area contributed by atoms with Gasteiger partial charge in [0.15, 0.2) is 0 Å². The van der Waals surface area contributed by atoms with Gasteiger partial charge in [0, 0.05) is 44.3 Å². The fraction of sp³-hybridized carbons (Fsp3) is 0.435. The fourth-order valence-corrected chi connectivity index (χ4v) is 4.59. The van der Waals surface area contributed by atoms with Gasteiger partial charge in [-0.15, -0.1) is 0 Å². The van der Waals surface area contributed by atoms with Crippen molar-refractivity contribution < 1.29 is 14.3 Å². The summed E-state index contributed by atoms with van der Waals surface area (Å²) in [5.74, 6) is 1.48. The Morgan fingerprint density at radius 3 is 2.81 bits per heavy atom. The third kappa shape index (κ3) is 3.40. The number of piperidine rings is 1. The van der Waals surface area contributed by atoms with Crippen molar-refractivity contribution >= 4 is 22.8 Å². The summed E-state index contributed by atoms with van der Waals surface area (Å²) in [4.78, 5) is 29.5. The molecule has 0 atom stereocenters. The van der Waals surface area contributed by atoms with E-state index in [1.54, 1.807) is 7.11 Å². The number of nitrogens with one attached hydrogen (secondary N) is 1. The van der Waals surface area contributed by atoms with Gasteiger partial charge in [0.1, 0.15) is 17.0 Å². The molecule has 2 aliphatic heterocycles. The van der Waals surface area contributed by atoms with Crippen LogP contribution in [0.2, 0.25) is 0 Å². The number of carbonyl (C=O) groups excluding carboxylic acids is 1. The highest BCUT2D eigenvalue weighted by atomic mass is 16.5. The number of methoxy groups -OCH3 is 1. The predicted molar refractivity (Wildman–Crippen MR) is 118 cm³/mol. The van der Waals surface area contributed by atoms with E-state index in [9.17, 15) is 4.79 Å². The topological polar surface area (TPSA) is 83.6 Å². The average molecular weight is 422 g/mol. The summed E-state index contributed by atoms with van der Waals surface area (Å²) < 4.78 is 11.6. The van der Waals surface area contributed by atoms with Gasteiger partial charge in [0.05, 0.1) is 19.4 Å². The molecule has 2 aromatic heterocycles. The van der Waals surface area contributed by atoms with E-state index in [0.29, 0.717) is 31.3 Å². The lowest BCUT2D eigenvalue weighted by molar-refractivity contribution is -0.0967. The molecule has 1 saturated heterocycles. The maximum absolute atomic E-state index is 13.2. The fourth-order valence-electron chi connectivity index (χ4n) is 4.59. The standard InChI is InChI=1S/C23H27N5O3/c1-27(2)22-24-14-15-6-11-31-23(20(15)26-22)7-9-28(10-8-23)21(29)19-13-16-12-17(30-3)4-5-18(16)25-19/h4-5,12-14,25H,6-11H2,1-3H3. The molecule has 1 aromatic carbocycles. The molecule has 1 N–H and O–H groups in total. The van der Waals surface area contributed by atoms with Crippen molar-refractivity contribution in [2.24, 2.45) is 0 Å². The van der Waals surface area contributed by atoms with Crippen molar-refractivity contribution in [1.82, 2.24) is 19.9 Å². The molecule has 5 rings (SSSR count). The zero-order valence-electron chi connectivity index (χ0n) is 18.1. The van der Waals surface area contributed by atoms with E-state index < -0.39 is 5.60 Å². The average Bonchev–Trinajstić information content (AvgIpc) is 3.22. The second-order valence-electron chi connectivity index (χ2n) is 8.46. The molecule has 0 saturated carbocycles. The van der Waals surface area contributed by atoms with Crippen LogP contribution < -0.4 is 9.64 Å². The summed E-state index contributed by atoms with van der Waals surface area (Å²) in [5, 5.41) is 0.966. The minimum absolute atomic E-state index is 0.0118. The van der Waals surface area contributed by atoms with E-state index in [1.165, 1.54) is 0 Å². The molecule has 31 heavy (non-hydrogen) atoms. The smallest absolute Gasteiger partial charge is 0.270 e. The minimum atomic E-state index is -0.439. The summed E-state index contributed by atoms with van der Waals surface area (Å²) >= 11 is 0. The van der Waals surface area contributed by atoms with Crippen LogP contribution in [0.4, 0.5) is 5.95 Å². The van der Waals surface area contributed by atoms with Crippen molar-refractivity contribution in [3.05, 3.63) is 47.4 Å². The molecule has 3 aromatic rings. The lowest BCUT2D eigenvalue weighted by atomic mass is 9.83. The minimum Gasteiger partial charge on any atom is -0.497 e. The highest BCUT2D eigenvalue weighted by Gasteiger charge is 2.43. The molecular weight excluding hydrogens is 394 g/mol. The van der Waals surface area contributed by atoms with Crippen LogP contribution in [0.5, 0.6) is 5.75 Å². The number of nitrogens with zero attached hydrogens (tertiary/aromatic N) is 4. The first-order valence-corrected chi connectivity index (χ1v) is 10.6. The highest BCUT2D eigenvalue weighted by Crippen LogP contribution is 2.41. The van der Waals surface area contributed by atoms with Gasteiger partial charge in [0.25, 0.3) is 5.91 Å². The van der Waals surface area contributed by atoms with Crippen molar-refractivity contribution in [3.63, 3.8) is 0 Å². The number of aromatic amines is 1. The number of fused-ring (bicyclic) bond motifs is 3. The highest BCUT2D eigenvalue weighted by molar-refractivity contribution is 5.98. The first kappa shape index (κ1) is 19.8. The Labute approximate surface area is 181 Å². The van der Waals surface area contributed by atoms with Gasteiger partial charge in [-0.25, -0.2) is 9.97 Å². The lowest BCUT2D eigenvalue weighted by Crippen LogP contribution is -2.49. The van der Waals surface area contributed by atoms with E-state index in [2.05, 4.69) is 9.97 Å². The summed E-state index contributed by atoms with van der Waals surface area (Å²) in [5.41, 5.74) is 3.23. The van der Waals surface area contributed by atoms with Gasteiger partial charge < -0.3 is 24.3 Å². The van der Waals surface area contributed by atoms with Crippen LogP contribution in [-0.4, -0.2) is 66.7 Å². The Bertz CT molecular complexity index is 1130. The molecule has 8 heteroatoms. The van der Waals surface area contributed by atoms with Crippen LogP contribution >= 0.6 is 0 Å². The second kappa shape index (κ2) is 7.53. The molecule has 0 unspecified atom stereocenters. The molecule has 1 amide bonds. The van der Waals surface area contributed by atoms with E-state index >= 15 is 0 Å².